The standard InChI is InChI=1S/C20H27FN2O2/c21-18-7-6-16(13-17(18)14-4-5-14)22-20(24)23-10-8-15(9-11-23)19-3-1-2-12-25-19/h6-7,13-15,19H,1-5,8-12H2,(H,22,24). The van der Waals surface area contributed by atoms with Crippen molar-refractivity contribution in [3.05, 3.63) is 29.6 Å². The summed E-state index contributed by atoms with van der Waals surface area (Å²) in [5, 5.41) is 2.95. The molecule has 2 heterocycles. The summed E-state index contributed by atoms with van der Waals surface area (Å²) in [6.45, 7) is 2.43. The van der Waals surface area contributed by atoms with Gasteiger partial charge in [0.1, 0.15) is 5.82 Å². The number of hydrogen-bond donors (Lipinski definition) is 1. The molecule has 2 amide bonds. The Balaban J connectivity index is 1.31. The highest BCUT2D eigenvalue weighted by Gasteiger charge is 2.30. The van der Waals surface area contributed by atoms with Gasteiger partial charge in [-0.2, -0.15) is 0 Å². The first-order chi connectivity index (χ1) is 12.2. The fourth-order valence-electron chi connectivity index (χ4n) is 4.14. The van der Waals surface area contributed by atoms with Crippen LogP contribution in [-0.4, -0.2) is 36.7 Å². The molecule has 1 aromatic carbocycles. The zero-order chi connectivity index (χ0) is 17.2. The van der Waals surface area contributed by atoms with Gasteiger partial charge < -0.3 is 15.0 Å². The van der Waals surface area contributed by atoms with Crippen molar-refractivity contribution in [3.8, 4) is 0 Å². The van der Waals surface area contributed by atoms with E-state index < -0.39 is 0 Å². The first-order valence-electron chi connectivity index (χ1n) is 9.67. The van der Waals surface area contributed by atoms with Crippen LogP contribution >= 0.6 is 0 Å². The Hall–Kier alpha value is -1.62. The topological polar surface area (TPSA) is 41.6 Å². The summed E-state index contributed by atoms with van der Waals surface area (Å²) in [4.78, 5) is 14.4. The number of ether oxygens (including phenoxy) is 1. The molecule has 0 spiro atoms. The van der Waals surface area contributed by atoms with Crippen molar-refractivity contribution in [2.45, 2.75) is 57.0 Å². The van der Waals surface area contributed by atoms with Gasteiger partial charge in [0.2, 0.25) is 0 Å². The Bertz CT molecular complexity index is 618. The Labute approximate surface area is 148 Å². The van der Waals surface area contributed by atoms with Gasteiger partial charge in [-0.25, -0.2) is 9.18 Å². The maximum Gasteiger partial charge on any atom is 0.321 e. The molecule has 0 aromatic heterocycles. The highest BCUT2D eigenvalue weighted by Crippen LogP contribution is 2.42. The molecule has 4 rings (SSSR count). The van der Waals surface area contributed by atoms with Crippen LogP contribution in [0.25, 0.3) is 0 Å². The molecule has 136 valence electrons. The molecule has 1 atom stereocenters. The number of benzene rings is 1. The van der Waals surface area contributed by atoms with Crippen LogP contribution in [0.3, 0.4) is 0 Å². The van der Waals surface area contributed by atoms with E-state index in [1.54, 1.807) is 12.1 Å². The van der Waals surface area contributed by atoms with E-state index in [2.05, 4.69) is 5.32 Å². The second-order valence-corrected chi connectivity index (χ2v) is 7.67. The van der Waals surface area contributed by atoms with Crippen molar-refractivity contribution < 1.29 is 13.9 Å². The number of urea groups is 1. The highest BCUT2D eigenvalue weighted by atomic mass is 19.1. The molecular weight excluding hydrogens is 319 g/mol. The van der Waals surface area contributed by atoms with Gasteiger partial charge in [-0.1, -0.05) is 0 Å². The normalized spacial score (nSPS) is 25.0. The van der Waals surface area contributed by atoms with Crippen molar-refractivity contribution in [1.82, 2.24) is 4.90 Å². The minimum atomic E-state index is -0.159. The van der Waals surface area contributed by atoms with E-state index in [4.69, 9.17) is 4.74 Å². The molecule has 1 aliphatic carbocycles. The van der Waals surface area contributed by atoms with Crippen molar-refractivity contribution in [1.29, 1.82) is 0 Å². The summed E-state index contributed by atoms with van der Waals surface area (Å²) in [6, 6.07) is 4.85. The van der Waals surface area contributed by atoms with Gasteiger partial charge in [0, 0.05) is 25.4 Å². The quantitative estimate of drug-likeness (QED) is 0.874. The number of nitrogens with zero attached hydrogens (tertiary/aromatic N) is 1. The molecular formula is C20H27FN2O2. The van der Waals surface area contributed by atoms with Crippen molar-refractivity contribution in [2.24, 2.45) is 5.92 Å². The van der Waals surface area contributed by atoms with Gasteiger partial charge in [-0.3, -0.25) is 0 Å². The lowest BCUT2D eigenvalue weighted by atomic mass is 9.87. The molecule has 0 radical (unpaired) electrons. The van der Waals surface area contributed by atoms with Gasteiger partial charge in [0.15, 0.2) is 0 Å². The van der Waals surface area contributed by atoms with Gasteiger partial charge in [-0.15, -0.1) is 0 Å². The average Bonchev–Trinajstić information content (AvgIpc) is 3.49. The van der Waals surface area contributed by atoms with Gasteiger partial charge in [-0.05, 0) is 80.5 Å². The van der Waals surface area contributed by atoms with Crippen LogP contribution in [0.4, 0.5) is 14.9 Å². The predicted molar refractivity (Wildman–Crippen MR) is 95.3 cm³/mol. The van der Waals surface area contributed by atoms with Crippen LogP contribution in [0.5, 0.6) is 0 Å². The van der Waals surface area contributed by atoms with E-state index in [0.29, 0.717) is 23.6 Å². The number of carbonyl (C=O) groups excluding carboxylic acids is 1. The molecule has 3 aliphatic rings. The fraction of sp³-hybridized carbons (Fsp3) is 0.650. The first kappa shape index (κ1) is 16.8. The van der Waals surface area contributed by atoms with Crippen molar-refractivity contribution >= 4 is 11.7 Å². The van der Waals surface area contributed by atoms with Crippen LogP contribution in [0.1, 0.15) is 56.4 Å². The third-order valence-corrected chi connectivity index (χ3v) is 5.83. The van der Waals surface area contributed by atoms with E-state index in [9.17, 15) is 9.18 Å². The Morgan fingerprint density at radius 3 is 2.60 bits per heavy atom. The SMILES string of the molecule is O=C(Nc1ccc(F)c(C2CC2)c1)N1CCC(C2CCCCO2)CC1. The highest BCUT2D eigenvalue weighted by molar-refractivity contribution is 5.89. The minimum absolute atomic E-state index is 0.0728. The van der Waals surface area contributed by atoms with Crippen LogP contribution in [0.15, 0.2) is 18.2 Å². The number of likely N-dealkylation sites (tertiary alicyclic amines) is 1. The Morgan fingerprint density at radius 2 is 1.92 bits per heavy atom. The largest absolute Gasteiger partial charge is 0.378 e. The second-order valence-electron chi connectivity index (χ2n) is 7.67. The first-order valence-corrected chi connectivity index (χ1v) is 9.67. The smallest absolute Gasteiger partial charge is 0.321 e. The molecule has 1 aromatic rings. The molecule has 2 aliphatic heterocycles. The second kappa shape index (κ2) is 7.32. The fourth-order valence-corrected chi connectivity index (χ4v) is 4.14. The number of carbonyl (C=O) groups is 1. The van der Waals surface area contributed by atoms with Gasteiger partial charge in [0.25, 0.3) is 0 Å². The van der Waals surface area contributed by atoms with Crippen LogP contribution in [-0.2, 0) is 4.74 Å². The predicted octanol–water partition coefficient (Wildman–Crippen LogP) is 4.52. The molecule has 1 N–H and O–H groups in total. The zero-order valence-corrected chi connectivity index (χ0v) is 14.7. The average molecular weight is 346 g/mol. The van der Waals surface area contributed by atoms with Gasteiger partial charge in [0.05, 0.1) is 6.10 Å². The molecule has 5 heteroatoms. The van der Waals surface area contributed by atoms with E-state index >= 15 is 0 Å². The number of hydrogen-bond acceptors (Lipinski definition) is 2. The Kier molecular flexibility index (Phi) is 4.93. The minimum Gasteiger partial charge on any atom is -0.378 e. The zero-order valence-electron chi connectivity index (χ0n) is 14.7. The molecule has 1 saturated carbocycles. The summed E-state index contributed by atoms with van der Waals surface area (Å²) < 4.78 is 19.7. The maximum absolute atomic E-state index is 13.8. The number of anilines is 1. The molecule has 25 heavy (non-hydrogen) atoms. The maximum atomic E-state index is 13.8. The number of amides is 2. The summed E-state index contributed by atoms with van der Waals surface area (Å²) in [6.07, 6.45) is 8.10. The number of rotatable bonds is 3. The third kappa shape index (κ3) is 3.97. The van der Waals surface area contributed by atoms with E-state index in [0.717, 1.165) is 57.4 Å². The van der Waals surface area contributed by atoms with Crippen LogP contribution in [0.2, 0.25) is 0 Å². The summed E-state index contributed by atoms with van der Waals surface area (Å²) in [7, 11) is 0. The number of piperidine rings is 1. The lowest BCUT2D eigenvalue weighted by Crippen LogP contribution is -2.44. The van der Waals surface area contributed by atoms with Crippen LogP contribution < -0.4 is 5.32 Å². The molecule has 3 fully saturated rings. The van der Waals surface area contributed by atoms with Crippen molar-refractivity contribution in [2.75, 3.05) is 25.0 Å². The summed E-state index contributed by atoms with van der Waals surface area (Å²) >= 11 is 0. The number of nitrogens with one attached hydrogen (secondary N) is 1. The Morgan fingerprint density at radius 1 is 1.12 bits per heavy atom. The lowest BCUT2D eigenvalue weighted by Gasteiger charge is -2.37. The van der Waals surface area contributed by atoms with E-state index in [-0.39, 0.29) is 11.8 Å². The van der Waals surface area contributed by atoms with Crippen molar-refractivity contribution in [3.63, 3.8) is 0 Å². The van der Waals surface area contributed by atoms with E-state index in [1.165, 1.54) is 18.9 Å². The third-order valence-electron chi connectivity index (χ3n) is 5.83. The van der Waals surface area contributed by atoms with Gasteiger partial charge >= 0.3 is 6.03 Å². The summed E-state index contributed by atoms with van der Waals surface area (Å²) in [5.41, 5.74) is 1.44. The molecule has 0 bridgehead atoms. The summed E-state index contributed by atoms with van der Waals surface area (Å²) in [5.74, 6) is 0.758. The lowest BCUT2D eigenvalue weighted by molar-refractivity contribution is -0.0345. The monoisotopic (exact) mass is 346 g/mol. The molecule has 2 saturated heterocycles. The molecule has 1 unspecified atom stereocenters. The number of halogens is 1. The molecule has 4 nitrogen and oxygen atoms in total. The van der Waals surface area contributed by atoms with Crippen LogP contribution in [0, 0.1) is 11.7 Å². The van der Waals surface area contributed by atoms with E-state index in [1.807, 2.05) is 4.90 Å².